The van der Waals surface area contributed by atoms with Crippen molar-refractivity contribution in [2.75, 3.05) is 11.9 Å². The first kappa shape index (κ1) is 14.7. The van der Waals surface area contributed by atoms with E-state index in [-0.39, 0.29) is 11.7 Å². The molecule has 2 amide bonds. The number of hydrogen-bond acceptors (Lipinski definition) is 2. The summed E-state index contributed by atoms with van der Waals surface area (Å²) in [4.78, 5) is 11.6. The normalized spacial score (nSPS) is 22.4. The molecule has 110 valence electrons. The molecular weight excluding hydrogens is 264 g/mol. The Bertz CT molecular complexity index is 473. The van der Waals surface area contributed by atoms with Crippen LogP contribution in [0.4, 0.5) is 19.3 Å². The lowest BCUT2D eigenvalue weighted by molar-refractivity contribution is 0.246. The first-order valence-corrected chi connectivity index (χ1v) is 6.80. The maximum absolute atomic E-state index is 13.4. The zero-order chi connectivity index (χ0) is 14.5. The maximum Gasteiger partial charge on any atom is 0.319 e. The van der Waals surface area contributed by atoms with Crippen molar-refractivity contribution in [2.45, 2.75) is 31.7 Å². The minimum Gasteiger partial charge on any atom is -0.338 e. The highest BCUT2D eigenvalue weighted by atomic mass is 19.1. The molecule has 2 rings (SSSR count). The summed E-state index contributed by atoms with van der Waals surface area (Å²) in [6.07, 6.45) is 3.93. The average molecular weight is 283 g/mol. The predicted molar refractivity (Wildman–Crippen MR) is 73.3 cm³/mol. The van der Waals surface area contributed by atoms with Crippen LogP contribution in [0.15, 0.2) is 18.2 Å². The summed E-state index contributed by atoms with van der Waals surface area (Å²) in [6, 6.07) is 2.82. The molecule has 0 unspecified atom stereocenters. The highest BCUT2D eigenvalue weighted by Crippen LogP contribution is 2.22. The Morgan fingerprint density at radius 3 is 2.60 bits per heavy atom. The monoisotopic (exact) mass is 283 g/mol. The van der Waals surface area contributed by atoms with Gasteiger partial charge in [-0.3, -0.25) is 0 Å². The number of benzene rings is 1. The molecular formula is C14H19F2N3O. The van der Waals surface area contributed by atoms with Crippen LogP contribution in [0, 0.1) is 17.6 Å². The zero-order valence-electron chi connectivity index (χ0n) is 11.2. The molecule has 0 saturated heterocycles. The molecule has 4 nitrogen and oxygen atoms in total. The van der Waals surface area contributed by atoms with Gasteiger partial charge in [0.1, 0.15) is 11.6 Å². The Kier molecular flexibility index (Phi) is 4.89. The van der Waals surface area contributed by atoms with Crippen molar-refractivity contribution in [3.63, 3.8) is 0 Å². The van der Waals surface area contributed by atoms with E-state index in [4.69, 9.17) is 5.73 Å². The van der Waals surface area contributed by atoms with Gasteiger partial charge < -0.3 is 16.4 Å². The number of carbonyl (C=O) groups excluding carboxylic acids is 1. The number of nitrogens with one attached hydrogen (secondary N) is 2. The molecule has 1 aromatic carbocycles. The Hall–Kier alpha value is -1.69. The van der Waals surface area contributed by atoms with Crippen LogP contribution >= 0.6 is 0 Å². The van der Waals surface area contributed by atoms with Crippen molar-refractivity contribution in [1.29, 1.82) is 0 Å². The molecule has 0 heterocycles. The molecule has 1 fully saturated rings. The first-order valence-electron chi connectivity index (χ1n) is 6.80. The fourth-order valence-corrected chi connectivity index (χ4v) is 2.39. The quantitative estimate of drug-likeness (QED) is 0.798. The van der Waals surface area contributed by atoms with Crippen LogP contribution < -0.4 is 16.4 Å². The van der Waals surface area contributed by atoms with E-state index in [0.717, 1.165) is 37.8 Å². The third-order valence-corrected chi connectivity index (χ3v) is 3.62. The van der Waals surface area contributed by atoms with Crippen molar-refractivity contribution in [3.8, 4) is 0 Å². The molecule has 1 aliphatic carbocycles. The van der Waals surface area contributed by atoms with E-state index < -0.39 is 17.7 Å². The van der Waals surface area contributed by atoms with Gasteiger partial charge >= 0.3 is 6.03 Å². The number of halogens is 2. The van der Waals surface area contributed by atoms with E-state index in [1.54, 1.807) is 0 Å². The number of anilines is 1. The summed E-state index contributed by atoms with van der Waals surface area (Å²) in [5.41, 5.74) is 5.78. The summed E-state index contributed by atoms with van der Waals surface area (Å²) < 4.78 is 26.1. The topological polar surface area (TPSA) is 67.1 Å². The van der Waals surface area contributed by atoms with Gasteiger partial charge in [0.25, 0.3) is 0 Å². The highest BCUT2D eigenvalue weighted by molar-refractivity contribution is 5.89. The summed E-state index contributed by atoms with van der Waals surface area (Å²) in [5, 5.41) is 5.08. The summed E-state index contributed by atoms with van der Waals surface area (Å²) in [6.45, 7) is 0.543. The molecule has 1 saturated carbocycles. The van der Waals surface area contributed by atoms with Gasteiger partial charge in [-0.2, -0.15) is 0 Å². The molecule has 0 aromatic heterocycles. The van der Waals surface area contributed by atoms with Crippen molar-refractivity contribution < 1.29 is 13.6 Å². The molecule has 0 bridgehead atoms. The molecule has 0 atom stereocenters. The van der Waals surface area contributed by atoms with Crippen LogP contribution in [0.2, 0.25) is 0 Å². The van der Waals surface area contributed by atoms with Crippen LogP contribution in [0.1, 0.15) is 25.7 Å². The van der Waals surface area contributed by atoms with Crippen molar-refractivity contribution in [1.82, 2.24) is 5.32 Å². The fourth-order valence-electron chi connectivity index (χ4n) is 2.39. The smallest absolute Gasteiger partial charge is 0.319 e. The Morgan fingerprint density at radius 1 is 1.25 bits per heavy atom. The predicted octanol–water partition coefficient (Wildman–Crippen LogP) is 2.60. The molecule has 4 N–H and O–H groups in total. The minimum atomic E-state index is -0.788. The first-order chi connectivity index (χ1) is 9.54. The van der Waals surface area contributed by atoms with Gasteiger partial charge in [-0.1, -0.05) is 0 Å². The lowest BCUT2D eigenvalue weighted by Gasteiger charge is -2.26. The van der Waals surface area contributed by atoms with E-state index in [1.807, 2.05) is 0 Å². The molecule has 6 heteroatoms. The molecule has 0 spiro atoms. The standard InChI is InChI=1S/C14H19F2N3O/c15-10-3-6-13(12(16)7-10)19-14(20)18-8-9-1-4-11(17)5-2-9/h3,6-7,9,11H,1-2,4-5,8,17H2,(H2,18,19,20). The summed E-state index contributed by atoms with van der Waals surface area (Å²) >= 11 is 0. The minimum absolute atomic E-state index is 0.0328. The lowest BCUT2D eigenvalue weighted by Crippen LogP contribution is -2.36. The van der Waals surface area contributed by atoms with Crippen LogP contribution in [-0.2, 0) is 0 Å². The molecule has 0 aliphatic heterocycles. The van der Waals surface area contributed by atoms with E-state index >= 15 is 0 Å². The van der Waals surface area contributed by atoms with Crippen molar-refractivity contribution >= 4 is 11.7 Å². The average Bonchev–Trinajstić information content (AvgIpc) is 2.41. The van der Waals surface area contributed by atoms with Crippen LogP contribution in [0.5, 0.6) is 0 Å². The molecule has 0 radical (unpaired) electrons. The van der Waals surface area contributed by atoms with Crippen molar-refractivity contribution in [3.05, 3.63) is 29.8 Å². The Balaban J connectivity index is 1.78. The number of rotatable bonds is 3. The highest BCUT2D eigenvalue weighted by Gasteiger charge is 2.19. The van der Waals surface area contributed by atoms with Gasteiger partial charge in [0.05, 0.1) is 5.69 Å². The Morgan fingerprint density at radius 2 is 1.95 bits per heavy atom. The number of nitrogens with two attached hydrogens (primary N) is 1. The zero-order valence-corrected chi connectivity index (χ0v) is 11.2. The second-order valence-electron chi connectivity index (χ2n) is 5.24. The number of urea groups is 1. The van der Waals surface area contributed by atoms with E-state index in [2.05, 4.69) is 10.6 Å². The largest absolute Gasteiger partial charge is 0.338 e. The number of carbonyl (C=O) groups is 1. The van der Waals surface area contributed by atoms with Gasteiger partial charge in [0.15, 0.2) is 0 Å². The van der Waals surface area contributed by atoms with E-state index in [9.17, 15) is 13.6 Å². The van der Waals surface area contributed by atoms with E-state index in [1.165, 1.54) is 6.07 Å². The van der Waals surface area contributed by atoms with E-state index in [0.29, 0.717) is 12.5 Å². The lowest BCUT2D eigenvalue weighted by atomic mass is 9.86. The van der Waals surface area contributed by atoms with Gasteiger partial charge in [-0.25, -0.2) is 13.6 Å². The van der Waals surface area contributed by atoms with Crippen molar-refractivity contribution in [2.24, 2.45) is 11.7 Å². The third kappa shape index (κ3) is 4.16. The van der Waals surface area contributed by atoms with Gasteiger partial charge in [0.2, 0.25) is 0 Å². The second-order valence-corrected chi connectivity index (χ2v) is 5.24. The van der Waals surface area contributed by atoms with Gasteiger partial charge in [-0.05, 0) is 43.7 Å². The van der Waals surface area contributed by atoms with Crippen LogP contribution in [0.25, 0.3) is 0 Å². The molecule has 1 aromatic rings. The van der Waals surface area contributed by atoms with Crippen LogP contribution in [0.3, 0.4) is 0 Å². The Labute approximate surface area is 116 Å². The van der Waals surface area contributed by atoms with Gasteiger partial charge in [0, 0.05) is 18.7 Å². The molecule has 20 heavy (non-hydrogen) atoms. The maximum atomic E-state index is 13.4. The summed E-state index contributed by atoms with van der Waals surface area (Å²) in [5.74, 6) is -1.05. The number of amides is 2. The molecule has 1 aliphatic rings. The van der Waals surface area contributed by atoms with Crippen LogP contribution in [-0.4, -0.2) is 18.6 Å². The fraction of sp³-hybridized carbons (Fsp3) is 0.500. The third-order valence-electron chi connectivity index (χ3n) is 3.62. The summed E-state index contributed by atoms with van der Waals surface area (Å²) in [7, 11) is 0. The SMILES string of the molecule is NC1CCC(CNC(=O)Nc2ccc(F)cc2F)CC1. The second kappa shape index (κ2) is 6.65. The number of hydrogen-bond donors (Lipinski definition) is 3. The van der Waals surface area contributed by atoms with Gasteiger partial charge in [-0.15, -0.1) is 0 Å².